The molecule has 0 atom stereocenters. The van der Waals surface area contributed by atoms with E-state index >= 15 is 0 Å². The molecule has 0 saturated heterocycles. The molecule has 3 aromatic rings. The van der Waals surface area contributed by atoms with Crippen molar-refractivity contribution in [3.8, 4) is 11.3 Å². The van der Waals surface area contributed by atoms with Gasteiger partial charge in [0.2, 0.25) is 0 Å². The number of rotatable bonds is 1. The Morgan fingerprint density at radius 3 is 2.36 bits per heavy atom. The highest BCUT2D eigenvalue weighted by molar-refractivity contribution is 5.82. The summed E-state index contributed by atoms with van der Waals surface area (Å²) in [4.78, 5) is 4.26. The molecule has 0 aliphatic heterocycles. The Bertz CT molecular complexity index is 856. The molecule has 1 aromatic heterocycles. The van der Waals surface area contributed by atoms with E-state index in [0.29, 0.717) is 22.2 Å². The van der Waals surface area contributed by atoms with Crippen molar-refractivity contribution in [2.45, 2.75) is 6.18 Å². The SMILES string of the molecule is Nc1ccc(-c2ccc3cc(C(F)(F)F)ccc3n2)cc1F. The number of alkyl halides is 3. The fourth-order valence-corrected chi connectivity index (χ4v) is 2.15. The minimum absolute atomic E-state index is 0.0272. The van der Waals surface area contributed by atoms with E-state index in [0.717, 1.165) is 12.1 Å². The summed E-state index contributed by atoms with van der Waals surface area (Å²) >= 11 is 0. The molecule has 6 heteroatoms. The average molecular weight is 306 g/mol. The second-order valence-electron chi connectivity index (χ2n) is 4.84. The lowest BCUT2D eigenvalue weighted by atomic mass is 10.1. The molecule has 0 radical (unpaired) electrons. The van der Waals surface area contributed by atoms with Gasteiger partial charge in [-0.1, -0.05) is 12.1 Å². The molecule has 112 valence electrons. The van der Waals surface area contributed by atoms with Gasteiger partial charge < -0.3 is 5.73 Å². The number of hydrogen-bond acceptors (Lipinski definition) is 2. The topological polar surface area (TPSA) is 38.9 Å². The second kappa shape index (κ2) is 4.98. The van der Waals surface area contributed by atoms with Crippen LogP contribution < -0.4 is 5.73 Å². The number of nitrogens with two attached hydrogens (primary N) is 1. The molecule has 0 aliphatic carbocycles. The van der Waals surface area contributed by atoms with E-state index in [1.54, 1.807) is 12.1 Å². The minimum atomic E-state index is -4.40. The zero-order valence-electron chi connectivity index (χ0n) is 11.2. The van der Waals surface area contributed by atoms with Crippen molar-refractivity contribution in [1.82, 2.24) is 4.98 Å². The summed E-state index contributed by atoms with van der Waals surface area (Å²) < 4.78 is 51.5. The molecule has 0 amide bonds. The van der Waals surface area contributed by atoms with Gasteiger partial charge in [0.1, 0.15) is 5.82 Å². The first-order valence-electron chi connectivity index (χ1n) is 6.38. The first-order valence-corrected chi connectivity index (χ1v) is 6.38. The standard InChI is InChI=1S/C16H10F4N2/c17-12-8-10(1-4-13(12)21)14-5-2-9-7-11(16(18,19)20)3-6-15(9)22-14/h1-8H,21H2. The Morgan fingerprint density at radius 2 is 1.68 bits per heavy atom. The van der Waals surface area contributed by atoms with Crippen molar-refractivity contribution in [2.75, 3.05) is 5.73 Å². The first kappa shape index (κ1) is 14.3. The smallest absolute Gasteiger partial charge is 0.396 e. The Kier molecular flexibility index (Phi) is 3.24. The number of anilines is 1. The van der Waals surface area contributed by atoms with Crippen LogP contribution in [0.2, 0.25) is 0 Å². The van der Waals surface area contributed by atoms with Crippen molar-refractivity contribution in [2.24, 2.45) is 0 Å². The van der Waals surface area contributed by atoms with Gasteiger partial charge in [-0.2, -0.15) is 13.2 Å². The summed E-state index contributed by atoms with van der Waals surface area (Å²) in [6, 6.07) is 10.7. The zero-order valence-corrected chi connectivity index (χ0v) is 11.2. The molecule has 0 fully saturated rings. The fraction of sp³-hybridized carbons (Fsp3) is 0.0625. The van der Waals surface area contributed by atoms with Crippen LogP contribution in [0.1, 0.15) is 5.56 Å². The van der Waals surface area contributed by atoms with Gasteiger partial charge in [0, 0.05) is 10.9 Å². The number of hydrogen-bond donors (Lipinski definition) is 1. The summed E-state index contributed by atoms with van der Waals surface area (Å²) in [7, 11) is 0. The summed E-state index contributed by atoms with van der Waals surface area (Å²) in [6.45, 7) is 0. The molecular formula is C16H10F4N2. The molecule has 0 aliphatic rings. The monoisotopic (exact) mass is 306 g/mol. The van der Waals surface area contributed by atoms with E-state index < -0.39 is 17.6 Å². The van der Waals surface area contributed by atoms with Crippen LogP contribution in [0.3, 0.4) is 0 Å². The van der Waals surface area contributed by atoms with Crippen molar-refractivity contribution in [3.63, 3.8) is 0 Å². The van der Waals surface area contributed by atoms with Gasteiger partial charge in [-0.15, -0.1) is 0 Å². The number of nitrogens with zero attached hydrogens (tertiary/aromatic N) is 1. The van der Waals surface area contributed by atoms with E-state index in [-0.39, 0.29) is 5.69 Å². The van der Waals surface area contributed by atoms with Crippen LogP contribution in [0.4, 0.5) is 23.2 Å². The lowest BCUT2D eigenvalue weighted by Gasteiger charge is -2.08. The van der Waals surface area contributed by atoms with Crippen LogP contribution in [-0.2, 0) is 6.18 Å². The minimum Gasteiger partial charge on any atom is -0.396 e. The van der Waals surface area contributed by atoms with E-state index in [9.17, 15) is 17.6 Å². The molecule has 2 nitrogen and oxygen atoms in total. The van der Waals surface area contributed by atoms with E-state index in [1.165, 1.54) is 24.3 Å². The number of pyridine rings is 1. The Balaban J connectivity index is 2.08. The first-order chi connectivity index (χ1) is 10.3. The van der Waals surface area contributed by atoms with Crippen molar-refractivity contribution < 1.29 is 17.6 Å². The normalized spacial score (nSPS) is 11.8. The second-order valence-corrected chi connectivity index (χ2v) is 4.84. The largest absolute Gasteiger partial charge is 0.416 e. The number of aromatic nitrogens is 1. The van der Waals surface area contributed by atoms with Gasteiger partial charge >= 0.3 is 6.18 Å². The molecule has 0 saturated carbocycles. The maximum Gasteiger partial charge on any atom is 0.416 e. The van der Waals surface area contributed by atoms with Crippen LogP contribution >= 0.6 is 0 Å². The Labute approximate surface area is 123 Å². The maximum atomic E-state index is 13.5. The van der Waals surface area contributed by atoms with Gasteiger partial charge in [-0.25, -0.2) is 9.37 Å². The van der Waals surface area contributed by atoms with Gasteiger partial charge in [0.15, 0.2) is 0 Å². The Morgan fingerprint density at radius 1 is 0.909 bits per heavy atom. The van der Waals surface area contributed by atoms with Gasteiger partial charge in [0.05, 0.1) is 22.5 Å². The predicted octanol–water partition coefficient (Wildman–Crippen LogP) is 4.64. The molecule has 0 bridgehead atoms. The molecule has 2 N–H and O–H groups in total. The van der Waals surface area contributed by atoms with Crippen LogP contribution in [0.5, 0.6) is 0 Å². The van der Waals surface area contributed by atoms with Crippen LogP contribution in [0.15, 0.2) is 48.5 Å². The number of nitrogen functional groups attached to an aromatic ring is 1. The van der Waals surface area contributed by atoms with E-state index in [1.807, 2.05) is 0 Å². The number of fused-ring (bicyclic) bond motifs is 1. The molecule has 0 spiro atoms. The average Bonchev–Trinajstić information content (AvgIpc) is 2.48. The summed E-state index contributed by atoms with van der Waals surface area (Å²) in [6.07, 6.45) is -4.40. The number of halogens is 4. The third-order valence-corrected chi connectivity index (χ3v) is 3.31. The zero-order chi connectivity index (χ0) is 15.9. The third kappa shape index (κ3) is 2.59. The van der Waals surface area contributed by atoms with Gasteiger partial charge in [-0.3, -0.25) is 0 Å². The summed E-state index contributed by atoms with van der Waals surface area (Å²) in [5.74, 6) is -0.563. The highest BCUT2D eigenvalue weighted by Crippen LogP contribution is 2.32. The molecular weight excluding hydrogens is 296 g/mol. The van der Waals surface area contributed by atoms with Crippen LogP contribution in [0.25, 0.3) is 22.2 Å². The lowest BCUT2D eigenvalue weighted by molar-refractivity contribution is -0.137. The summed E-state index contributed by atoms with van der Waals surface area (Å²) in [5, 5.41) is 0.370. The molecule has 3 rings (SSSR count). The van der Waals surface area contributed by atoms with Crippen LogP contribution in [0, 0.1) is 5.82 Å². The highest BCUT2D eigenvalue weighted by atomic mass is 19.4. The maximum absolute atomic E-state index is 13.5. The van der Waals surface area contributed by atoms with Crippen LogP contribution in [-0.4, -0.2) is 4.98 Å². The van der Waals surface area contributed by atoms with Crippen molar-refractivity contribution in [3.05, 3.63) is 59.9 Å². The molecule has 2 aromatic carbocycles. The Hall–Kier alpha value is -2.63. The quantitative estimate of drug-likeness (QED) is 0.525. The highest BCUT2D eigenvalue weighted by Gasteiger charge is 2.30. The third-order valence-electron chi connectivity index (χ3n) is 3.31. The molecule has 1 heterocycles. The fourth-order valence-electron chi connectivity index (χ4n) is 2.15. The van der Waals surface area contributed by atoms with E-state index in [4.69, 9.17) is 5.73 Å². The number of benzene rings is 2. The molecule has 0 unspecified atom stereocenters. The lowest BCUT2D eigenvalue weighted by Crippen LogP contribution is -2.04. The molecule has 22 heavy (non-hydrogen) atoms. The van der Waals surface area contributed by atoms with Gasteiger partial charge in [-0.05, 0) is 36.4 Å². The van der Waals surface area contributed by atoms with Gasteiger partial charge in [0.25, 0.3) is 0 Å². The van der Waals surface area contributed by atoms with Crippen molar-refractivity contribution in [1.29, 1.82) is 0 Å². The summed E-state index contributed by atoms with van der Waals surface area (Å²) in [5.41, 5.74) is 6.09. The van der Waals surface area contributed by atoms with Crippen molar-refractivity contribution >= 4 is 16.6 Å². The predicted molar refractivity (Wildman–Crippen MR) is 76.6 cm³/mol. The van der Waals surface area contributed by atoms with E-state index in [2.05, 4.69) is 4.98 Å².